The van der Waals surface area contributed by atoms with Crippen LogP contribution in [0.25, 0.3) is 0 Å². The fourth-order valence-electron chi connectivity index (χ4n) is 4.51. The van der Waals surface area contributed by atoms with Gasteiger partial charge in [-0.3, -0.25) is 0 Å². The molecule has 3 atom stereocenters. The van der Waals surface area contributed by atoms with E-state index in [1.54, 1.807) is 0 Å². The molecule has 2 amide bonds. The predicted molar refractivity (Wildman–Crippen MR) is 83.1 cm³/mol. The average Bonchev–Trinajstić information content (AvgIpc) is 2.81. The number of nitrogens with zero attached hydrogens (tertiary/aromatic N) is 2. The van der Waals surface area contributed by atoms with Gasteiger partial charge < -0.3 is 14.9 Å². The predicted octanol–water partition coefficient (Wildman–Crippen LogP) is 3.00. The molecule has 2 aliphatic heterocycles. The Bertz CT molecular complexity index is 353. The summed E-state index contributed by atoms with van der Waals surface area (Å²) in [6.07, 6.45) is 11.2. The van der Waals surface area contributed by atoms with Crippen LogP contribution in [0.3, 0.4) is 0 Å². The van der Waals surface area contributed by atoms with E-state index in [1.165, 1.54) is 19.3 Å². The van der Waals surface area contributed by atoms with Crippen LogP contribution >= 0.6 is 0 Å². The lowest BCUT2D eigenvalue weighted by Gasteiger charge is -2.39. The number of aliphatic hydroxyl groups is 1. The lowest BCUT2D eigenvalue weighted by molar-refractivity contribution is 0.0265. The minimum Gasteiger partial charge on any atom is -0.393 e. The van der Waals surface area contributed by atoms with Gasteiger partial charge >= 0.3 is 6.03 Å². The fourth-order valence-corrected chi connectivity index (χ4v) is 4.51. The highest BCUT2D eigenvalue weighted by molar-refractivity contribution is 5.75. The minimum absolute atomic E-state index is 0.193. The summed E-state index contributed by atoms with van der Waals surface area (Å²) in [7, 11) is 0. The van der Waals surface area contributed by atoms with Crippen molar-refractivity contribution in [2.75, 3.05) is 19.6 Å². The zero-order chi connectivity index (χ0) is 14.7. The van der Waals surface area contributed by atoms with Crippen LogP contribution in [0.1, 0.15) is 64.2 Å². The number of carbonyl (C=O) groups is 1. The highest BCUT2D eigenvalue weighted by Crippen LogP contribution is 2.35. The Morgan fingerprint density at radius 3 is 2.24 bits per heavy atom. The van der Waals surface area contributed by atoms with E-state index >= 15 is 0 Å². The zero-order valence-corrected chi connectivity index (χ0v) is 13.2. The minimum atomic E-state index is -0.193. The van der Waals surface area contributed by atoms with Crippen molar-refractivity contribution in [3.05, 3.63) is 0 Å². The average molecular weight is 294 g/mol. The SMILES string of the molecule is O=C(N1CCCCCC1)N1CCCC1C1CCCCC1O. The van der Waals surface area contributed by atoms with Crippen LogP contribution in [-0.2, 0) is 0 Å². The van der Waals surface area contributed by atoms with Gasteiger partial charge in [0.2, 0.25) is 0 Å². The van der Waals surface area contributed by atoms with E-state index in [4.69, 9.17) is 0 Å². The third-order valence-electron chi connectivity index (χ3n) is 5.70. The summed E-state index contributed by atoms with van der Waals surface area (Å²) in [6, 6.07) is 0.535. The Morgan fingerprint density at radius 2 is 1.52 bits per heavy atom. The molecule has 0 aromatic carbocycles. The lowest BCUT2D eigenvalue weighted by Crippen LogP contribution is -2.50. The third kappa shape index (κ3) is 3.36. The first-order valence-corrected chi connectivity index (χ1v) is 9.01. The van der Waals surface area contributed by atoms with Crippen LogP contribution < -0.4 is 0 Å². The van der Waals surface area contributed by atoms with Crippen LogP contribution in [-0.4, -0.2) is 52.7 Å². The number of aliphatic hydroxyl groups excluding tert-OH is 1. The molecule has 3 unspecified atom stereocenters. The fraction of sp³-hybridized carbons (Fsp3) is 0.941. The summed E-state index contributed by atoms with van der Waals surface area (Å²) in [4.78, 5) is 17.1. The number of hydrogen-bond acceptors (Lipinski definition) is 2. The van der Waals surface area contributed by atoms with Gasteiger partial charge in [0.15, 0.2) is 0 Å². The van der Waals surface area contributed by atoms with Gasteiger partial charge in [0.25, 0.3) is 0 Å². The molecule has 1 aliphatic carbocycles. The van der Waals surface area contributed by atoms with E-state index in [9.17, 15) is 9.90 Å². The number of likely N-dealkylation sites (tertiary alicyclic amines) is 2. The normalized spacial score (nSPS) is 34.8. The number of urea groups is 1. The van der Waals surface area contributed by atoms with E-state index in [2.05, 4.69) is 9.80 Å². The molecule has 3 fully saturated rings. The van der Waals surface area contributed by atoms with Crippen LogP contribution in [0.4, 0.5) is 4.79 Å². The van der Waals surface area contributed by atoms with Gasteiger partial charge in [-0.25, -0.2) is 4.79 Å². The van der Waals surface area contributed by atoms with Crippen molar-refractivity contribution in [1.82, 2.24) is 9.80 Å². The van der Waals surface area contributed by atoms with Crippen LogP contribution in [0.2, 0.25) is 0 Å². The molecule has 3 aliphatic rings. The molecular formula is C17H30N2O2. The molecule has 0 spiro atoms. The highest BCUT2D eigenvalue weighted by atomic mass is 16.3. The maximum atomic E-state index is 12.9. The van der Waals surface area contributed by atoms with Crippen molar-refractivity contribution in [1.29, 1.82) is 0 Å². The molecule has 21 heavy (non-hydrogen) atoms. The monoisotopic (exact) mass is 294 g/mol. The molecule has 120 valence electrons. The second-order valence-electron chi connectivity index (χ2n) is 7.10. The van der Waals surface area contributed by atoms with Gasteiger partial charge in [0.1, 0.15) is 0 Å². The van der Waals surface area contributed by atoms with Crippen molar-refractivity contribution >= 4 is 6.03 Å². The Balaban J connectivity index is 1.66. The second kappa shape index (κ2) is 6.99. The van der Waals surface area contributed by atoms with E-state index in [0.717, 1.165) is 64.6 Å². The smallest absolute Gasteiger partial charge is 0.320 e. The zero-order valence-electron chi connectivity index (χ0n) is 13.2. The molecule has 4 heteroatoms. The number of rotatable bonds is 1. The highest BCUT2D eigenvalue weighted by Gasteiger charge is 2.40. The molecular weight excluding hydrogens is 264 g/mol. The summed E-state index contributed by atoms with van der Waals surface area (Å²) in [5.74, 6) is 0.317. The number of hydrogen-bond donors (Lipinski definition) is 1. The van der Waals surface area contributed by atoms with Gasteiger partial charge in [-0.15, -0.1) is 0 Å². The van der Waals surface area contributed by atoms with E-state index in [1.807, 2.05) is 0 Å². The molecule has 0 aromatic heterocycles. The van der Waals surface area contributed by atoms with Crippen molar-refractivity contribution in [2.24, 2.45) is 5.92 Å². The van der Waals surface area contributed by atoms with Gasteiger partial charge in [0, 0.05) is 31.6 Å². The van der Waals surface area contributed by atoms with E-state index < -0.39 is 0 Å². The van der Waals surface area contributed by atoms with Crippen molar-refractivity contribution in [3.8, 4) is 0 Å². The molecule has 2 heterocycles. The topological polar surface area (TPSA) is 43.8 Å². The molecule has 1 N–H and O–H groups in total. The van der Waals surface area contributed by atoms with E-state index in [0.29, 0.717) is 5.92 Å². The van der Waals surface area contributed by atoms with Gasteiger partial charge in [-0.05, 0) is 38.5 Å². The van der Waals surface area contributed by atoms with Crippen molar-refractivity contribution in [2.45, 2.75) is 76.4 Å². The largest absolute Gasteiger partial charge is 0.393 e. The lowest BCUT2D eigenvalue weighted by atomic mass is 9.80. The summed E-state index contributed by atoms with van der Waals surface area (Å²) in [6.45, 7) is 2.74. The maximum absolute atomic E-state index is 12.9. The summed E-state index contributed by atoms with van der Waals surface area (Å²) >= 11 is 0. The third-order valence-corrected chi connectivity index (χ3v) is 5.70. The summed E-state index contributed by atoms with van der Waals surface area (Å²) in [5.41, 5.74) is 0. The molecule has 3 rings (SSSR count). The van der Waals surface area contributed by atoms with Crippen LogP contribution in [0.5, 0.6) is 0 Å². The first-order chi connectivity index (χ1) is 10.3. The Kier molecular flexibility index (Phi) is 5.04. The number of amides is 2. The Hall–Kier alpha value is -0.770. The molecule has 0 aromatic rings. The second-order valence-corrected chi connectivity index (χ2v) is 7.10. The Labute approximate surface area is 128 Å². The van der Waals surface area contributed by atoms with Crippen LogP contribution in [0, 0.1) is 5.92 Å². The molecule has 1 saturated carbocycles. The molecule has 0 bridgehead atoms. The molecule has 4 nitrogen and oxygen atoms in total. The van der Waals surface area contributed by atoms with E-state index in [-0.39, 0.29) is 18.2 Å². The Morgan fingerprint density at radius 1 is 0.810 bits per heavy atom. The quantitative estimate of drug-likeness (QED) is 0.808. The van der Waals surface area contributed by atoms with Gasteiger partial charge in [-0.2, -0.15) is 0 Å². The van der Waals surface area contributed by atoms with Crippen molar-refractivity contribution < 1.29 is 9.90 Å². The molecule has 0 radical (unpaired) electrons. The van der Waals surface area contributed by atoms with Crippen molar-refractivity contribution in [3.63, 3.8) is 0 Å². The maximum Gasteiger partial charge on any atom is 0.320 e. The standard InChI is InChI=1S/C17H30N2O2/c20-16-10-4-3-8-14(16)15-9-7-13-19(15)17(21)18-11-5-1-2-6-12-18/h14-16,20H,1-13H2. The molecule has 2 saturated heterocycles. The summed E-state index contributed by atoms with van der Waals surface area (Å²) < 4.78 is 0. The van der Waals surface area contributed by atoms with Gasteiger partial charge in [-0.1, -0.05) is 25.7 Å². The van der Waals surface area contributed by atoms with Crippen LogP contribution in [0.15, 0.2) is 0 Å². The summed E-state index contributed by atoms with van der Waals surface area (Å²) in [5, 5.41) is 10.3. The first-order valence-electron chi connectivity index (χ1n) is 9.01. The van der Waals surface area contributed by atoms with Gasteiger partial charge in [0.05, 0.1) is 6.10 Å². The number of carbonyl (C=O) groups excluding carboxylic acids is 1. The first kappa shape index (κ1) is 15.1.